The van der Waals surface area contributed by atoms with Gasteiger partial charge in [-0.1, -0.05) is 24.3 Å². The van der Waals surface area contributed by atoms with Gasteiger partial charge in [0.25, 0.3) is 0 Å². The van der Waals surface area contributed by atoms with Gasteiger partial charge in [-0.2, -0.15) is 0 Å². The molecule has 2 aromatic rings. The van der Waals surface area contributed by atoms with Crippen LogP contribution in [0.15, 0.2) is 58.5 Å². The first-order valence-corrected chi connectivity index (χ1v) is 9.14. The summed E-state index contributed by atoms with van der Waals surface area (Å²) >= 11 is 0. The van der Waals surface area contributed by atoms with E-state index in [-0.39, 0.29) is 24.8 Å². The number of rotatable bonds is 5. The first-order valence-electron chi connectivity index (χ1n) is 9.14. The molecule has 0 aliphatic carbocycles. The smallest absolute Gasteiger partial charge is 0.195 e. The molecule has 2 aliphatic heterocycles. The Hall–Kier alpha value is -2.44. The molecule has 0 aromatic heterocycles. The summed E-state index contributed by atoms with van der Waals surface area (Å²) in [6.45, 7) is 3.53. The van der Waals surface area contributed by atoms with Gasteiger partial charge in [0.15, 0.2) is 11.9 Å². The van der Waals surface area contributed by atoms with Gasteiger partial charge in [0.1, 0.15) is 0 Å². The second-order valence-electron chi connectivity index (χ2n) is 6.46. The number of nitrogens with one attached hydrogen (secondary N) is 4. The Labute approximate surface area is 178 Å². The van der Waals surface area contributed by atoms with Crippen LogP contribution < -0.4 is 21.3 Å². The molecule has 2 aliphatic rings. The van der Waals surface area contributed by atoms with Gasteiger partial charge in [-0.3, -0.25) is 9.98 Å². The number of anilines is 2. The van der Waals surface area contributed by atoms with Gasteiger partial charge in [0.05, 0.1) is 13.1 Å². The SMILES string of the molecule is Cl.Cl.c1cc(NC2=NCCN2)ccc1CCc1ccc(NC2=NCCN2)cc1. The molecule has 6 nitrogen and oxygen atoms in total. The van der Waals surface area contributed by atoms with Crippen LogP contribution in [0.4, 0.5) is 11.4 Å². The van der Waals surface area contributed by atoms with E-state index in [0.29, 0.717) is 0 Å². The number of hydrogen-bond donors (Lipinski definition) is 4. The summed E-state index contributed by atoms with van der Waals surface area (Å²) in [7, 11) is 0. The van der Waals surface area contributed by atoms with Crippen molar-refractivity contribution >= 4 is 48.1 Å². The van der Waals surface area contributed by atoms with Crippen molar-refractivity contribution < 1.29 is 0 Å². The van der Waals surface area contributed by atoms with Crippen molar-refractivity contribution in [2.75, 3.05) is 36.8 Å². The first kappa shape index (κ1) is 21.9. The van der Waals surface area contributed by atoms with Crippen LogP contribution in [0.25, 0.3) is 0 Å². The molecule has 2 aromatic carbocycles. The van der Waals surface area contributed by atoms with Crippen LogP contribution >= 0.6 is 24.8 Å². The van der Waals surface area contributed by atoms with E-state index in [2.05, 4.69) is 79.8 Å². The fraction of sp³-hybridized carbons (Fsp3) is 0.300. The number of aliphatic imine (C=N–C) groups is 2. The summed E-state index contributed by atoms with van der Waals surface area (Å²) in [6, 6.07) is 17.2. The largest absolute Gasteiger partial charge is 0.354 e. The predicted octanol–water partition coefficient (Wildman–Crippen LogP) is 3.06. The highest BCUT2D eigenvalue weighted by Gasteiger charge is 2.06. The van der Waals surface area contributed by atoms with E-state index in [1.807, 2.05) is 0 Å². The minimum absolute atomic E-state index is 0. The molecule has 0 saturated carbocycles. The van der Waals surface area contributed by atoms with Crippen molar-refractivity contribution in [2.45, 2.75) is 12.8 Å². The Bertz CT molecular complexity index is 733. The van der Waals surface area contributed by atoms with E-state index in [4.69, 9.17) is 0 Å². The zero-order chi connectivity index (χ0) is 17.6. The van der Waals surface area contributed by atoms with Crippen LogP contribution in [-0.2, 0) is 12.8 Å². The predicted molar refractivity (Wildman–Crippen MR) is 123 cm³/mol. The average Bonchev–Trinajstić information content (AvgIpc) is 3.37. The maximum Gasteiger partial charge on any atom is 0.195 e. The standard InChI is InChI=1S/C20H24N6.2ClH/c1(15-3-7-17(8-4-15)25-19-21-11-12-22-19)2-16-5-9-18(10-6-16)26-20-23-13-14-24-20;;/h3-10H,1-2,11-14H2,(H2,21,22,25)(H2,23,24,26);2*1H. The Morgan fingerprint density at radius 3 is 1.36 bits per heavy atom. The second kappa shape index (κ2) is 10.8. The van der Waals surface area contributed by atoms with Gasteiger partial charge >= 0.3 is 0 Å². The summed E-state index contributed by atoms with van der Waals surface area (Å²) in [4.78, 5) is 8.69. The monoisotopic (exact) mass is 420 g/mol. The highest BCUT2D eigenvalue weighted by molar-refractivity contribution is 5.95. The van der Waals surface area contributed by atoms with Gasteiger partial charge in [-0.05, 0) is 48.2 Å². The molecule has 0 amide bonds. The molecule has 4 rings (SSSR count). The Kier molecular flexibility index (Phi) is 8.42. The molecule has 4 N–H and O–H groups in total. The van der Waals surface area contributed by atoms with E-state index in [9.17, 15) is 0 Å². The number of guanidine groups is 2. The van der Waals surface area contributed by atoms with Gasteiger partial charge in [-0.25, -0.2) is 0 Å². The first-order chi connectivity index (χ1) is 12.8. The molecule has 28 heavy (non-hydrogen) atoms. The number of nitrogens with zero attached hydrogens (tertiary/aromatic N) is 2. The summed E-state index contributed by atoms with van der Waals surface area (Å²) in [5.41, 5.74) is 4.81. The lowest BCUT2D eigenvalue weighted by Gasteiger charge is -2.09. The van der Waals surface area contributed by atoms with Crippen molar-refractivity contribution in [3.05, 3.63) is 59.7 Å². The molecule has 150 valence electrons. The third-order valence-electron chi connectivity index (χ3n) is 4.48. The van der Waals surface area contributed by atoms with Gasteiger partial charge in [0.2, 0.25) is 0 Å². The Morgan fingerprint density at radius 1 is 0.643 bits per heavy atom. The molecule has 0 unspecified atom stereocenters. The lowest BCUT2D eigenvalue weighted by Crippen LogP contribution is -2.26. The quantitative estimate of drug-likeness (QED) is 0.599. The third-order valence-corrected chi connectivity index (χ3v) is 4.48. The zero-order valence-corrected chi connectivity index (χ0v) is 17.2. The Balaban J connectivity index is 0.00000140. The van der Waals surface area contributed by atoms with E-state index in [1.54, 1.807) is 0 Å². The maximum absolute atomic E-state index is 4.35. The number of aryl methyl sites for hydroxylation is 2. The molecule has 2 heterocycles. The number of halogens is 2. The van der Waals surface area contributed by atoms with Crippen molar-refractivity contribution in [1.82, 2.24) is 10.6 Å². The van der Waals surface area contributed by atoms with Crippen LogP contribution in [-0.4, -0.2) is 38.1 Å². The molecule has 8 heteroatoms. The average molecular weight is 421 g/mol. The van der Waals surface area contributed by atoms with E-state index >= 15 is 0 Å². The lowest BCUT2D eigenvalue weighted by atomic mass is 10.0. The highest BCUT2D eigenvalue weighted by Crippen LogP contribution is 2.15. The summed E-state index contributed by atoms with van der Waals surface area (Å²) in [6.07, 6.45) is 2.06. The van der Waals surface area contributed by atoms with Crippen LogP contribution in [0.3, 0.4) is 0 Å². The van der Waals surface area contributed by atoms with Gasteiger partial charge < -0.3 is 21.3 Å². The van der Waals surface area contributed by atoms with Crippen molar-refractivity contribution in [1.29, 1.82) is 0 Å². The molecule has 0 fully saturated rings. The molecule has 0 spiro atoms. The van der Waals surface area contributed by atoms with Crippen molar-refractivity contribution in [2.24, 2.45) is 9.98 Å². The van der Waals surface area contributed by atoms with Crippen LogP contribution in [0, 0.1) is 0 Å². The summed E-state index contributed by atoms with van der Waals surface area (Å²) in [5.74, 6) is 1.73. The Morgan fingerprint density at radius 2 is 1.04 bits per heavy atom. The van der Waals surface area contributed by atoms with Crippen molar-refractivity contribution in [3.63, 3.8) is 0 Å². The molecular weight excluding hydrogens is 395 g/mol. The van der Waals surface area contributed by atoms with E-state index < -0.39 is 0 Å². The molecule has 0 saturated heterocycles. The molecular formula is C20H26Cl2N6. The normalized spacial score (nSPS) is 14.6. The van der Waals surface area contributed by atoms with E-state index in [1.165, 1.54) is 11.1 Å². The van der Waals surface area contributed by atoms with Crippen LogP contribution in [0.1, 0.15) is 11.1 Å². The second-order valence-corrected chi connectivity index (χ2v) is 6.46. The van der Waals surface area contributed by atoms with Crippen LogP contribution in [0.2, 0.25) is 0 Å². The highest BCUT2D eigenvalue weighted by atomic mass is 35.5. The number of hydrogen-bond acceptors (Lipinski definition) is 6. The number of benzene rings is 2. The maximum atomic E-state index is 4.35. The fourth-order valence-electron chi connectivity index (χ4n) is 3.03. The molecule has 0 atom stereocenters. The zero-order valence-electron chi connectivity index (χ0n) is 15.6. The summed E-state index contributed by atoms with van der Waals surface area (Å²) < 4.78 is 0. The minimum atomic E-state index is 0. The van der Waals surface area contributed by atoms with Gasteiger partial charge in [0, 0.05) is 24.5 Å². The van der Waals surface area contributed by atoms with Crippen LogP contribution in [0.5, 0.6) is 0 Å². The topological polar surface area (TPSA) is 72.8 Å². The lowest BCUT2D eigenvalue weighted by molar-refractivity contribution is 0.957. The fourth-order valence-corrected chi connectivity index (χ4v) is 3.03. The molecule has 0 bridgehead atoms. The van der Waals surface area contributed by atoms with Gasteiger partial charge in [-0.15, -0.1) is 24.8 Å². The summed E-state index contributed by atoms with van der Waals surface area (Å²) in [5, 5.41) is 13.0. The third kappa shape index (κ3) is 6.04. The van der Waals surface area contributed by atoms with Crippen molar-refractivity contribution in [3.8, 4) is 0 Å². The minimum Gasteiger partial charge on any atom is -0.354 e. The van der Waals surface area contributed by atoms with E-state index in [0.717, 1.165) is 62.3 Å². The molecule has 0 radical (unpaired) electrons.